The van der Waals surface area contributed by atoms with Gasteiger partial charge in [0.2, 0.25) is 5.82 Å². The molecule has 1 amide bonds. The molecular weight excluding hydrogens is 534 g/mol. The largest absolute Gasteiger partial charge is 0.477 e. The van der Waals surface area contributed by atoms with Gasteiger partial charge in [0.1, 0.15) is 5.82 Å². The summed E-state index contributed by atoms with van der Waals surface area (Å²) in [6, 6.07) is 17.5. The molecule has 5 heterocycles. The SMILES string of the molecule is Cc1cc(N2CC[C@](C)(c3ccccc3)C2)cn2nc(C(=O)NC3(CO)CCCN(c4cccc(C(=O)O)n4)C3)nc12. The zero-order chi connectivity index (χ0) is 29.5. The molecule has 218 valence electrons. The molecule has 2 aliphatic rings. The Bertz CT molecular complexity index is 1640. The van der Waals surface area contributed by atoms with E-state index >= 15 is 0 Å². The molecule has 2 atom stereocenters. The molecule has 2 aliphatic heterocycles. The first-order valence-electron chi connectivity index (χ1n) is 14.2. The number of aryl methyl sites for hydroxylation is 1. The summed E-state index contributed by atoms with van der Waals surface area (Å²) in [4.78, 5) is 37.9. The van der Waals surface area contributed by atoms with Crippen LogP contribution in [0.3, 0.4) is 0 Å². The average Bonchev–Trinajstić information content (AvgIpc) is 3.63. The van der Waals surface area contributed by atoms with Gasteiger partial charge in [-0.2, -0.15) is 0 Å². The van der Waals surface area contributed by atoms with Crippen LogP contribution in [0, 0.1) is 6.92 Å². The van der Waals surface area contributed by atoms with E-state index in [4.69, 9.17) is 0 Å². The van der Waals surface area contributed by atoms with Crippen LogP contribution >= 0.6 is 0 Å². The van der Waals surface area contributed by atoms with Gasteiger partial charge in [0, 0.05) is 31.6 Å². The highest BCUT2D eigenvalue weighted by atomic mass is 16.4. The molecule has 1 unspecified atom stereocenters. The first kappa shape index (κ1) is 27.6. The Labute approximate surface area is 243 Å². The van der Waals surface area contributed by atoms with Gasteiger partial charge in [0.25, 0.3) is 5.91 Å². The number of pyridine rings is 2. The summed E-state index contributed by atoms with van der Waals surface area (Å²) in [5, 5.41) is 27.3. The second-order valence-electron chi connectivity index (χ2n) is 11.8. The lowest BCUT2D eigenvalue weighted by atomic mass is 9.82. The molecule has 4 aromatic rings. The number of anilines is 2. The fourth-order valence-corrected chi connectivity index (χ4v) is 6.27. The minimum absolute atomic E-state index is 0.0294. The summed E-state index contributed by atoms with van der Waals surface area (Å²) >= 11 is 0. The van der Waals surface area contributed by atoms with Crippen LogP contribution in [0.25, 0.3) is 5.65 Å². The third-order valence-corrected chi connectivity index (χ3v) is 8.65. The number of benzene rings is 1. The summed E-state index contributed by atoms with van der Waals surface area (Å²) in [7, 11) is 0. The first-order chi connectivity index (χ1) is 20.2. The molecule has 1 aromatic carbocycles. The Morgan fingerprint density at radius 2 is 1.81 bits per heavy atom. The predicted octanol–water partition coefficient (Wildman–Crippen LogP) is 3.06. The van der Waals surface area contributed by atoms with Crippen LogP contribution in [-0.4, -0.2) is 80.0 Å². The third kappa shape index (κ3) is 5.16. The maximum Gasteiger partial charge on any atom is 0.354 e. The molecule has 42 heavy (non-hydrogen) atoms. The van der Waals surface area contributed by atoms with Gasteiger partial charge in [-0.05, 0) is 55.5 Å². The van der Waals surface area contributed by atoms with Crippen molar-refractivity contribution in [2.45, 2.75) is 44.1 Å². The number of fused-ring (bicyclic) bond motifs is 1. The smallest absolute Gasteiger partial charge is 0.354 e. The van der Waals surface area contributed by atoms with Gasteiger partial charge in [-0.1, -0.05) is 43.3 Å². The quantitative estimate of drug-likeness (QED) is 0.307. The second kappa shape index (κ2) is 10.7. The number of aliphatic hydroxyl groups excluding tert-OH is 1. The number of nitrogens with zero attached hydrogens (tertiary/aromatic N) is 6. The summed E-state index contributed by atoms with van der Waals surface area (Å²) in [6.07, 6.45) is 4.19. The Balaban J connectivity index is 1.20. The van der Waals surface area contributed by atoms with Crippen molar-refractivity contribution in [3.8, 4) is 0 Å². The number of carbonyl (C=O) groups excluding carboxylic acids is 1. The maximum atomic E-state index is 13.4. The molecule has 3 aromatic heterocycles. The van der Waals surface area contributed by atoms with E-state index in [1.807, 2.05) is 24.1 Å². The van der Waals surface area contributed by atoms with E-state index < -0.39 is 17.4 Å². The summed E-state index contributed by atoms with van der Waals surface area (Å²) in [5.41, 5.74) is 2.92. The fourth-order valence-electron chi connectivity index (χ4n) is 6.27. The van der Waals surface area contributed by atoms with Crippen molar-refractivity contribution >= 4 is 29.0 Å². The van der Waals surface area contributed by atoms with Gasteiger partial charge in [-0.15, -0.1) is 5.10 Å². The molecular formula is C31H35N7O4. The Morgan fingerprint density at radius 1 is 1.00 bits per heavy atom. The molecule has 0 bridgehead atoms. The number of hydrogen-bond donors (Lipinski definition) is 3. The molecule has 3 N–H and O–H groups in total. The molecule has 0 spiro atoms. The maximum absolute atomic E-state index is 13.4. The van der Waals surface area contributed by atoms with E-state index in [1.165, 1.54) is 11.6 Å². The van der Waals surface area contributed by atoms with Gasteiger partial charge in [-0.3, -0.25) is 4.79 Å². The highest BCUT2D eigenvalue weighted by Crippen LogP contribution is 2.36. The van der Waals surface area contributed by atoms with Crippen molar-refractivity contribution in [1.82, 2.24) is 24.9 Å². The van der Waals surface area contributed by atoms with Gasteiger partial charge in [0.15, 0.2) is 11.3 Å². The van der Waals surface area contributed by atoms with Crippen molar-refractivity contribution in [2.24, 2.45) is 0 Å². The monoisotopic (exact) mass is 569 g/mol. The normalized spacial score (nSPS) is 22.5. The molecule has 0 radical (unpaired) electrons. The van der Waals surface area contributed by atoms with Crippen molar-refractivity contribution in [3.63, 3.8) is 0 Å². The van der Waals surface area contributed by atoms with E-state index in [0.717, 1.165) is 30.8 Å². The molecule has 2 saturated heterocycles. The van der Waals surface area contributed by atoms with Crippen molar-refractivity contribution in [2.75, 3.05) is 42.6 Å². The lowest BCUT2D eigenvalue weighted by Crippen LogP contribution is -2.61. The number of carboxylic acids is 1. The van der Waals surface area contributed by atoms with Crippen LogP contribution < -0.4 is 15.1 Å². The lowest BCUT2D eigenvalue weighted by molar-refractivity contribution is 0.0690. The Kier molecular flexibility index (Phi) is 7.05. The number of hydrogen-bond acceptors (Lipinski definition) is 8. The topological polar surface area (TPSA) is 136 Å². The number of aromatic nitrogens is 4. The number of carboxylic acid groups (broad SMARTS) is 1. The number of carbonyl (C=O) groups is 2. The minimum Gasteiger partial charge on any atom is -0.477 e. The van der Waals surface area contributed by atoms with E-state index in [-0.39, 0.29) is 30.1 Å². The average molecular weight is 570 g/mol. The van der Waals surface area contributed by atoms with Gasteiger partial charge >= 0.3 is 5.97 Å². The summed E-state index contributed by atoms with van der Waals surface area (Å²) in [6.45, 7) is 6.67. The highest BCUT2D eigenvalue weighted by molar-refractivity contribution is 5.92. The van der Waals surface area contributed by atoms with Crippen LogP contribution in [0.1, 0.15) is 58.4 Å². The third-order valence-electron chi connectivity index (χ3n) is 8.65. The van der Waals surface area contributed by atoms with Gasteiger partial charge < -0.3 is 25.3 Å². The van der Waals surface area contributed by atoms with Crippen molar-refractivity contribution in [1.29, 1.82) is 0 Å². The highest BCUT2D eigenvalue weighted by Gasteiger charge is 2.39. The Hall–Kier alpha value is -4.51. The summed E-state index contributed by atoms with van der Waals surface area (Å²) < 4.78 is 1.66. The zero-order valence-electron chi connectivity index (χ0n) is 23.8. The lowest BCUT2D eigenvalue weighted by Gasteiger charge is -2.42. The van der Waals surface area contributed by atoms with E-state index in [1.54, 1.807) is 16.6 Å². The van der Waals surface area contributed by atoms with Crippen LogP contribution in [0.15, 0.2) is 60.8 Å². The van der Waals surface area contributed by atoms with Gasteiger partial charge in [-0.25, -0.2) is 19.3 Å². The van der Waals surface area contributed by atoms with E-state index in [9.17, 15) is 19.8 Å². The van der Waals surface area contributed by atoms with Crippen molar-refractivity contribution < 1.29 is 19.8 Å². The second-order valence-corrected chi connectivity index (χ2v) is 11.8. The molecule has 0 aliphatic carbocycles. The number of nitrogens with one attached hydrogen (secondary N) is 1. The number of amides is 1. The van der Waals surface area contributed by atoms with Crippen LogP contribution in [-0.2, 0) is 5.41 Å². The molecule has 6 rings (SSSR count). The fraction of sp³-hybridized carbons (Fsp3) is 0.387. The molecule has 2 fully saturated rings. The predicted molar refractivity (Wildman–Crippen MR) is 158 cm³/mol. The van der Waals surface area contributed by atoms with E-state index in [2.05, 4.69) is 62.5 Å². The minimum atomic E-state index is -1.11. The zero-order valence-corrected chi connectivity index (χ0v) is 23.8. The van der Waals surface area contributed by atoms with Gasteiger partial charge in [0.05, 0.1) is 24.0 Å². The van der Waals surface area contributed by atoms with Crippen LogP contribution in [0.5, 0.6) is 0 Å². The van der Waals surface area contributed by atoms with E-state index in [0.29, 0.717) is 30.9 Å². The van der Waals surface area contributed by atoms with Crippen LogP contribution in [0.4, 0.5) is 11.5 Å². The number of piperidine rings is 1. The number of aromatic carboxylic acids is 1. The first-order valence-corrected chi connectivity index (χ1v) is 14.2. The number of aliphatic hydroxyl groups is 1. The molecule has 0 saturated carbocycles. The Morgan fingerprint density at radius 3 is 2.57 bits per heavy atom. The van der Waals surface area contributed by atoms with Crippen molar-refractivity contribution in [3.05, 3.63) is 83.4 Å². The summed E-state index contributed by atoms with van der Waals surface area (Å²) in [5.74, 6) is -1.06. The molecule has 11 nitrogen and oxygen atoms in total. The number of rotatable bonds is 7. The van der Waals surface area contributed by atoms with Crippen LogP contribution in [0.2, 0.25) is 0 Å². The standard InChI is InChI=1S/C31H35N7O4/c1-21-16-23(36-15-13-30(2,18-36)22-8-4-3-5-9-22)17-38-27(21)33-26(35-38)28(40)34-31(20-39)12-7-14-37(19-31)25-11-6-10-24(32-25)29(41)42/h3-6,8-11,16-17,39H,7,12-15,18-20H2,1-2H3,(H,34,40)(H,41,42)/t30-,31?/m0/s1. The molecule has 11 heteroatoms.